The number of sulfone groups is 1. The monoisotopic (exact) mass is 321 g/mol. The number of amides is 1. The number of benzene rings is 1. The Balaban J connectivity index is 2.38. The van der Waals surface area contributed by atoms with Crippen molar-refractivity contribution in [2.45, 2.75) is 5.37 Å². The van der Waals surface area contributed by atoms with Crippen molar-refractivity contribution in [3.05, 3.63) is 35.4 Å². The Bertz CT molecular complexity index is 634. The fourth-order valence-corrected chi connectivity index (χ4v) is 4.81. The molecule has 0 radical (unpaired) electrons. The van der Waals surface area contributed by atoms with Crippen LogP contribution in [0.3, 0.4) is 0 Å². The van der Waals surface area contributed by atoms with E-state index in [4.69, 9.17) is 0 Å². The lowest BCUT2D eigenvalue weighted by molar-refractivity contribution is 0.0744. The third kappa shape index (κ3) is 2.95. The highest BCUT2D eigenvalue weighted by Gasteiger charge is 2.35. The predicted molar refractivity (Wildman–Crippen MR) is 73.4 cm³/mol. The maximum Gasteiger partial charge on any atom is 0.258 e. The molecule has 1 aliphatic rings. The number of hydrogen-bond donors (Lipinski definition) is 0. The number of nitrogens with zero attached hydrogens (tertiary/aromatic N) is 1. The standard InChI is InChI=1S/C12H13F2NO3S2/c1-20(17,18)10-7-19-6-5-15(10)12(16)8-3-2-4-9(13)11(8)14/h2-4,10H,5-7H2,1H3. The summed E-state index contributed by atoms with van der Waals surface area (Å²) >= 11 is 1.41. The van der Waals surface area contributed by atoms with E-state index in [2.05, 4.69) is 0 Å². The van der Waals surface area contributed by atoms with Crippen molar-refractivity contribution in [3.8, 4) is 0 Å². The SMILES string of the molecule is CS(=O)(=O)C1CSCCN1C(=O)c1cccc(F)c1F. The van der Waals surface area contributed by atoms with Gasteiger partial charge in [-0.25, -0.2) is 17.2 Å². The highest BCUT2D eigenvalue weighted by molar-refractivity contribution is 8.00. The summed E-state index contributed by atoms with van der Waals surface area (Å²) in [6, 6.07) is 3.29. The van der Waals surface area contributed by atoms with Gasteiger partial charge in [-0.3, -0.25) is 4.79 Å². The first-order chi connectivity index (χ1) is 9.32. The van der Waals surface area contributed by atoms with Crippen LogP contribution in [0.1, 0.15) is 10.4 Å². The molecule has 1 fully saturated rings. The Labute approximate surface area is 120 Å². The maximum atomic E-state index is 13.7. The maximum absolute atomic E-state index is 13.7. The van der Waals surface area contributed by atoms with Gasteiger partial charge in [0.1, 0.15) is 5.37 Å². The molecular weight excluding hydrogens is 308 g/mol. The lowest BCUT2D eigenvalue weighted by Crippen LogP contribution is -2.50. The van der Waals surface area contributed by atoms with Crippen molar-refractivity contribution < 1.29 is 22.0 Å². The molecule has 8 heteroatoms. The molecule has 1 aliphatic heterocycles. The normalized spacial score (nSPS) is 19.9. The molecule has 0 N–H and O–H groups in total. The first kappa shape index (κ1) is 15.2. The number of carbonyl (C=O) groups excluding carboxylic acids is 1. The summed E-state index contributed by atoms with van der Waals surface area (Å²) in [7, 11) is -3.48. The Morgan fingerprint density at radius 3 is 2.75 bits per heavy atom. The zero-order chi connectivity index (χ0) is 14.9. The van der Waals surface area contributed by atoms with Crippen molar-refractivity contribution in [3.63, 3.8) is 0 Å². The van der Waals surface area contributed by atoms with E-state index in [0.29, 0.717) is 5.75 Å². The molecule has 0 saturated carbocycles. The molecule has 0 aliphatic carbocycles. The molecule has 1 unspecified atom stereocenters. The first-order valence-corrected chi connectivity index (χ1v) is 8.95. The van der Waals surface area contributed by atoms with Gasteiger partial charge in [0.2, 0.25) is 0 Å². The molecule has 1 saturated heterocycles. The van der Waals surface area contributed by atoms with Crippen molar-refractivity contribution in [1.29, 1.82) is 0 Å². The molecule has 1 amide bonds. The van der Waals surface area contributed by atoms with Gasteiger partial charge in [0.15, 0.2) is 21.5 Å². The van der Waals surface area contributed by atoms with Gasteiger partial charge in [0.25, 0.3) is 5.91 Å². The quantitative estimate of drug-likeness (QED) is 0.829. The Kier molecular flexibility index (Phi) is 4.33. The van der Waals surface area contributed by atoms with Crippen molar-refractivity contribution in [2.24, 2.45) is 0 Å². The summed E-state index contributed by atoms with van der Waals surface area (Å²) < 4.78 is 50.2. The topological polar surface area (TPSA) is 54.5 Å². The van der Waals surface area contributed by atoms with Gasteiger partial charge >= 0.3 is 0 Å². The summed E-state index contributed by atoms with van der Waals surface area (Å²) in [5.41, 5.74) is -0.439. The van der Waals surface area contributed by atoms with E-state index in [0.717, 1.165) is 23.3 Å². The molecule has 0 spiro atoms. The van der Waals surface area contributed by atoms with Crippen LogP contribution in [0, 0.1) is 11.6 Å². The van der Waals surface area contributed by atoms with Crippen LogP contribution in [0.15, 0.2) is 18.2 Å². The molecule has 2 rings (SSSR count). The molecular formula is C12H13F2NO3S2. The molecule has 0 aromatic heterocycles. The number of halogens is 2. The van der Waals surface area contributed by atoms with E-state index in [1.54, 1.807) is 0 Å². The fourth-order valence-electron chi connectivity index (χ4n) is 1.99. The summed E-state index contributed by atoms with van der Waals surface area (Å²) in [4.78, 5) is 13.4. The predicted octanol–water partition coefficient (Wildman–Crippen LogP) is 1.52. The van der Waals surface area contributed by atoms with Gasteiger partial charge in [-0.05, 0) is 12.1 Å². The summed E-state index contributed by atoms with van der Waals surface area (Å²) in [6.07, 6.45) is 1.03. The van der Waals surface area contributed by atoms with Crippen LogP contribution < -0.4 is 0 Å². The molecule has 110 valence electrons. The minimum absolute atomic E-state index is 0.192. The highest BCUT2D eigenvalue weighted by Crippen LogP contribution is 2.23. The molecule has 0 bridgehead atoms. The molecule has 1 aromatic rings. The van der Waals surface area contributed by atoms with E-state index in [1.807, 2.05) is 0 Å². The summed E-state index contributed by atoms with van der Waals surface area (Å²) in [5.74, 6) is -2.37. The second-order valence-corrected chi connectivity index (χ2v) is 7.81. The summed E-state index contributed by atoms with van der Waals surface area (Å²) in [6.45, 7) is 0.192. The van der Waals surface area contributed by atoms with Crippen LogP contribution in [0.4, 0.5) is 8.78 Å². The minimum Gasteiger partial charge on any atom is -0.320 e. The molecule has 20 heavy (non-hydrogen) atoms. The average Bonchev–Trinajstić information content (AvgIpc) is 2.40. The molecule has 4 nitrogen and oxygen atoms in total. The zero-order valence-corrected chi connectivity index (χ0v) is 12.3. The smallest absolute Gasteiger partial charge is 0.258 e. The average molecular weight is 321 g/mol. The van der Waals surface area contributed by atoms with Gasteiger partial charge in [0.05, 0.1) is 5.56 Å². The van der Waals surface area contributed by atoms with Gasteiger partial charge in [-0.2, -0.15) is 11.8 Å². The fraction of sp³-hybridized carbons (Fsp3) is 0.417. The van der Waals surface area contributed by atoms with Gasteiger partial charge < -0.3 is 4.90 Å². The highest BCUT2D eigenvalue weighted by atomic mass is 32.2. The van der Waals surface area contributed by atoms with Crippen LogP contribution in [0.5, 0.6) is 0 Å². The van der Waals surface area contributed by atoms with Gasteiger partial charge in [-0.1, -0.05) is 6.07 Å². The van der Waals surface area contributed by atoms with E-state index in [9.17, 15) is 22.0 Å². The lowest BCUT2D eigenvalue weighted by atomic mass is 10.1. The molecule has 1 aromatic carbocycles. The van der Waals surface area contributed by atoms with Crippen LogP contribution >= 0.6 is 11.8 Å². The van der Waals surface area contributed by atoms with E-state index >= 15 is 0 Å². The number of carbonyl (C=O) groups is 1. The second-order valence-electron chi connectivity index (χ2n) is 4.46. The Morgan fingerprint density at radius 2 is 2.10 bits per heavy atom. The van der Waals surface area contributed by atoms with E-state index in [1.165, 1.54) is 17.8 Å². The Hall–Kier alpha value is -1.15. The largest absolute Gasteiger partial charge is 0.320 e. The number of thioether (sulfide) groups is 1. The van der Waals surface area contributed by atoms with Crippen LogP contribution in [-0.2, 0) is 9.84 Å². The number of hydrogen-bond acceptors (Lipinski definition) is 4. The van der Waals surface area contributed by atoms with Crippen LogP contribution in [-0.4, -0.2) is 48.9 Å². The van der Waals surface area contributed by atoms with Crippen molar-refractivity contribution in [1.82, 2.24) is 4.90 Å². The zero-order valence-electron chi connectivity index (χ0n) is 10.7. The van der Waals surface area contributed by atoms with Crippen molar-refractivity contribution in [2.75, 3.05) is 24.3 Å². The van der Waals surface area contributed by atoms with Crippen molar-refractivity contribution >= 4 is 27.5 Å². The third-order valence-electron chi connectivity index (χ3n) is 3.02. The molecule has 1 atom stereocenters. The van der Waals surface area contributed by atoms with Crippen LogP contribution in [0.25, 0.3) is 0 Å². The first-order valence-electron chi connectivity index (χ1n) is 5.84. The van der Waals surface area contributed by atoms with Gasteiger partial charge in [-0.15, -0.1) is 0 Å². The minimum atomic E-state index is -3.48. The third-order valence-corrected chi connectivity index (χ3v) is 5.66. The van der Waals surface area contributed by atoms with Crippen LogP contribution in [0.2, 0.25) is 0 Å². The van der Waals surface area contributed by atoms with E-state index in [-0.39, 0.29) is 12.3 Å². The number of rotatable bonds is 2. The van der Waals surface area contributed by atoms with E-state index < -0.39 is 38.3 Å². The second kappa shape index (κ2) is 5.69. The lowest BCUT2D eigenvalue weighted by Gasteiger charge is -2.34. The summed E-state index contributed by atoms with van der Waals surface area (Å²) in [5, 5.41) is -1.00. The Morgan fingerprint density at radius 1 is 1.40 bits per heavy atom. The van der Waals surface area contributed by atoms with Gasteiger partial charge in [0, 0.05) is 24.3 Å². The molecule has 1 heterocycles.